The lowest BCUT2D eigenvalue weighted by Gasteiger charge is -2.25. The number of rotatable bonds is 2. The van der Waals surface area contributed by atoms with E-state index in [4.69, 9.17) is 0 Å². The van der Waals surface area contributed by atoms with Gasteiger partial charge in [0.2, 0.25) is 11.8 Å². The van der Waals surface area contributed by atoms with Crippen LogP contribution < -0.4 is 10.6 Å². The van der Waals surface area contributed by atoms with Gasteiger partial charge in [-0.05, 0) is 56.0 Å². The number of imide groups is 1. The quantitative estimate of drug-likeness (QED) is 0.815. The zero-order chi connectivity index (χ0) is 17.7. The van der Waals surface area contributed by atoms with E-state index in [0.717, 1.165) is 32.0 Å². The van der Waals surface area contributed by atoms with Crippen molar-refractivity contribution in [1.82, 2.24) is 10.6 Å². The molecule has 1 aromatic carbocycles. The molecule has 1 unspecified atom stereocenters. The Balaban J connectivity index is 0.00000100. The number of carbonyl (C=O) groups excluding carboxylic acids is 2. The van der Waals surface area contributed by atoms with Crippen LogP contribution >= 0.6 is 0 Å². The molecule has 0 spiro atoms. The molecule has 24 heavy (non-hydrogen) atoms. The van der Waals surface area contributed by atoms with Gasteiger partial charge < -0.3 is 5.32 Å². The van der Waals surface area contributed by atoms with Gasteiger partial charge in [0.15, 0.2) is 0 Å². The van der Waals surface area contributed by atoms with Crippen molar-refractivity contribution in [2.24, 2.45) is 0 Å². The van der Waals surface area contributed by atoms with E-state index < -0.39 is 23.5 Å². The molecule has 2 aliphatic heterocycles. The summed E-state index contributed by atoms with van der Waals surface area (Å²) in [6.45, 7) is 5.58. The SMILES string of the molecule is CC.O=C1CCC(c2cc(F)c(C3CCNCC3)cc2F)C(=O)N1. The van der Waals surface area contributed by atoms with Crippen LogP contribution in [0.15, 0.2) is 12.1 Å². The fraction of sp³-hybridized carbons (Fsp3) is 0.556. The van der Waals surface area contributed by atoms with Crippen LogP contribution in [0.1, 0.15) is 62.5 Å². The minimum absolute atomic E-state index is 0.00607. The molecule has 0 aliphatic carbocycles. The van der Waals surface area contributed by atoms with Gasteiger partial charge in [0.25, 0.3) is 0 Å². The topological polar surface area (TPSA) is 58.2 Å². The lowest BCUT2D eigenvalue weighted by atomic mass is 9.85. The molecule has 6 heteroatoms. The lowest BCUT2D eigenvalue weighted by Crippen LogP contribution is -2.39. The maximum atomic E-state index is 14.4. The Kier molecular flexibility index (Phi) is 6.43. The van der Waals surface area contributed by atoms with Gasteiger partial charge >= 0.3 is 0 Å². The van der Waals surface area contributed by atoms with Crippen LogP contribution in [0.25, 0.3) is 0 Å². The molecule has 132 valence electrons. The van der Waals surface area contributed by atoms with Crippen LogP contribution in [0.2, 0.25) is 0 Å². The van der Waals surface area contributed by atoms with Crippen molar-refractivity contribution < 1.29 is 18.4 Å². The number of hydrogen-bond acceptors (Lipinski definition) is 3. The normalized spacial score (nSPS) is 21.8. The first-order valence-electron chi connectivity index (χ1n) is 8.59. The Hall–Kier alpha value is -1.82. The third-order valence-corrected chi connectivity index (χ3v) is 4.51. The summed E-state index contributed by atoms with van der Waals surface area (Å²) in [4.78, 5) is 23.0. The second kappa shape index (κ2) is 8.33. The summed E-state index contributed by atoms with van der Waals surface area (Å²) in [7, 11) is 0. The maximum Gasteiger partial charge on any atom is 0.234 e. The molecular formula is C18H24F2N2O2. The number of halogens is 2. The summed E-state index contributed by atoms with van der Waals surface area (Å²) in [6, 6.07) is 2.36. The van der Waals surface area contributed by atoms with Gasteiger partial charge in [0.1, 0.15) is 11.6 Å². The van der Waals surface area contributed by atoms with Gasteiger partial charge in [0.05, 0.1) is 5.92 Å². The monoisotopic (exact) mass is 338 g/mol. The van der Waals surface area contributed by atoms with Crippen molar-refractivity contribution in [3.8, 4) is 0 Å². The summed E-state index contributed by atoms with van der Waals surface area (Å²) in [5, 5.41) is 5.37. The third-order valence-electron chi connectivity index (χ3n) is 4.51. The largest absolute Gasteiger partial charge is 0.317 e. The Morgan fingerprint density at radius 1 is 0.958 bits per heavy atom. The summed E-state index contributed by atoms with van der Waals surface area (Å²) in [5.74, 6) is -2.74. The second-order valence-electron chi connectivity index (χ2n) is 5.92. The number of carbonyl (C=O) groups is 2. The molecule has 2 aliphatic rings. The smallest absolute Gasteiger partial charge is 0.234 e. The molecule has 0 bridgehead atoms. The first kappa shape index (κ1) is 18.5. The summed E-state index contributed by atoms with van der Waals surface area (Å²) in [5.41, 5.74) is 0.426. The highest BCUT2D eigenvalue weighted by atomic mass is 19.1. The fourth-order valence-electron chi connectivity index (χ4n) is 3.28. The Labute approximate surface area is 141 Å². The number of amides is 2. The molecule has 0 saturated carbocycles. The van der Waals surface area contributed by atoms with Gasteiger partial charge in [-0.2, -0.15) is 0 Å². The van der Waals surface area contributed by atoms with E-state index in [1.165, 1.54) is 6.07 Å². The molecule has 1 atom stereocenters. The molecule has 2 amide bonds. The minimum atomic E-state index is -0.797. The molecule has 2 heterocycles. The van der Waals surface area contributed by atoms with E-state index in [9.17, 15) is 18.4 Å². The minimum Gasteiger partial charge on any atom is -0.317 e. The highest BCUT2D eigenvalue weighted by Crippen LogP contribution is 2.33. The lowest BCUT2D eigenvalue weighted by molar-refractivity contribution is -0.134. The Morgan fingerprint density at radius 3 is 2.17 bits per heavy atom. The third kappa shape index (κ3) is 3.98. The van der Waals surface area contributed by atoms with Crippen LogP contribution in [0.5, 0.6) is 0 Å². The van der Waals surface area contributed by atoms with Crippen molar-refractivity contribution in [3.63, 3.8) is 0 Å². The Morgan fingerprint density at radius 2 is 1.54 bits per heavy atom. The van der Waals surface area contributed by atoms with Gasteiger partial charge in [0, 0.05) is 12.0 Å². The fourth-order valence-corrected chi connectivity index (χ4v) is 3.28. The molecule has 2 fully saturated rings. The summed E-state index contributed by atoms with van der Waals surface area (Å²) < 4.78 is 28.8. The van der Waals surface area contributed by atoms with E-state index in [-0.39, 0.29) is 30.2 Å². The molecular weight excluding hydrogens is 314 g/mol. The highest BCUT2D eigenvalue weighted by Gasteiger charge is 2.31. The first-order chi connectivity index (χ1) is 11.6. The average Bonchev–Trinajstić information content (AvgIpc) is 2.59. The zero-order valence-corrected chi connectivity index (χ0v) is 14.1. The maximum absolute atomic E-state index is 14.4. The van der Waals surface area contributed by atoms with Gasteiger partial charge in [-0.15, -0.1) is 0 Å². The van der Waals surface area contributed by atoms with Crippen molar-refractivity contribution in [2.45, 2.75) is 51.4 Å². The standard InChI is InChI=1S/C16H18F2N2O2.C2H6/c17-13-8-12(10-1-2-15(21)20-16(10)22)14(18)7-11(13)9-3-5-19-6-4-9;1-2/h7-10,19H,1-6H2,(H,20,21,22);1-2H3. The Bertz CT molecular complexity index is 613. The van der Waals surface area contributed by atoms with E-state index in [1.54, 1.807) is 0 Å². The van der Waals surface area contributed by atoms with Gasteiger partial charge in [-0.25, -0.2) is 8.78 Å². The van der Waals surface area contributed by atoms with Crippen molar-refractivity contribution in [1.29, 1.82) is 0 Å². The van der Waals surface area contributed by atoms with E-state index in [0.29, 0.717) is 5.56 Å². The van der Waals surface area contributed by atoms with E-state index in [1.807, 2.05) is 13.8 Å². The first-order valence-corrected chi connectivity index (χ1v) is 8.59. The van der Waals surface area contributed by atoms with Gasteiger partial charge in [-0.1, -0.05) is 13.8 Å². The number of nitrogens with one attached hydrogen (secondary N) is 2. The van der Waals surface area contributed by atoms with Crippen molar-refractivity contribution in [3.05, 3.63) is 34.9 Å². The molecule has 0 radical (unpaired) electrons. The van der Waals surface area contributed by atoms with E-state index in [2.05, 4.69) is 10.6 Å². The molecule has 3 rings (SSSR count). The highest BCUT2D eigenvalue weighted by molar-refractivity contribution is 6.00. The van der Waals surface area contributed by atoms with Crippen LogP contribution in [-0.4, -0.2) is 24.9 Å². The van der Waals surface area contributed by atoms with Crippen LogP contribution in [0.4, 0.5) is 8.78 Å². The van der Waals surface area contributed by atoms with Crippen molar-refractivity contribution in [2.75, 3.05) is 13.1 Å². The molecule has 1 aromatic rings. The van der Waals surface area contributed by atoms with Crippen LogP contribution in [0.3, 0.4) is 0 Å². The number of piperidine rings is 2. The number of hydrogen-bond donors (Lipinski definition) is 2. The number of benzene rings is 1. The summed E-state index contributed by atoms with van der Waals surface area (Å²) in [6.07, 6.45) is 1.91. The molecule has 2 saturated heterocycles. The van der Waals surface area contributed by atoms with Crippen molar-refractivity contribution >= 4 is 11.8 Å². The molecule has 2 N–H and O–H groups in total. The average molecular weight is 338 g/mol. The molecule has 4 nitrogen and oxygen atoms in total. The van der Waals surface area contributed by atoms with Gasteiger partial charge in [-0.3, -0.25) is 14.9 Å². The van der Waals surface area contributed by atoms with Crippen LogP contribution in [-0.2, 0) is 9.59 Å². The predicted molar refractivity (Wildman–Crippen MR) is 87.7 cm³/mol. The predicted octanol–water partition coefficient (Wildman–Crippen LogP) is 2.98. The van der Waals surface area contributed by atoms with E-state index >= 15 is 0 Å². The summed E-state index contributed by atoms with van der Waals surface area (Å²) >= 11 is 0. The molecule has 0 aromatic heterocycles. The van der Waals surface area contributed by atoms with Crippen LogP contribution in [0, 0.1) is 11.6 Å². The zero-order valence-electron chi connectivity index (χ0n) is 14.1. The second-order valence-corrected chi connectivity index (χ2v) is 5.92.